The van der Waals surface area contributed by atoms with E-state index in [-0.39, 0.29) is 10.8 Å². The lowest BCUT2D eigenvalue weighted by Gasteiger charge is -2.33. The Morgan fingerprint density at radius 2 is 1.84 bits per heavy atom. The molecule has 0 aliphatic carbocycles. The molecule has 1 fully saturated rings. The highest BCUT2D eigenvalue weighted by atomic mass is 32.2. The summed E-state index contributed by atoms with van der Waals surface area (Å²) in [5.41, 5.74) is 2.64. The van der Waals surface area contributed by atoms with Gasteiger partial charge < -0.3 is 15.2 Å². The SMILES string of the molecule is CCN1CCN(S(=O)(=O)c2cccc(NC(=O)CCc3c[nH]c4ccccc34)c2)CC1. The van der Waals surface area contributed by atoms with Crippen LogP contribution in [0, 0.1) is 0 Å². The molecular weight excluding hydrogens is 412 g/mol. The molecule has 0 bridgehead atoms. The summed E-state index contributed by atoms with van der Waals surface area (Å²) in [4.78, 5) is 18.2. The maximum Gasteiger partial charge on any atom is 0.243 e. The molecule has 7 nitrogen and oxygen atoms in total. The number of nitrogens with zero attached hydrogens (tertiary/aromatic N) is 2. The Morgan fingerprint density at radius 3 is 2.61 bits per heavy atom. The highest BCUT2D eigenvalue weighted by molar-refractivity contribution is 7.89. The zero-order valence-corrected chi connectivity index (χ0v) is 18.5. The summed E-state index contributed by atoms with van der Waals surface area (Å²) < 4.78 is 27.6. The van der Waals surface area contributed by atoms with Crippen LogP contribution >= 0.6 is 0 Å². The van der Waals surface area contributed by atoms with Crippen molar-refractivity contribution in [3.8, 4) is 0 Å². The number of para-hydroxylation sites is 1. The van der Waals surface area contributed by atoms with Crippen molar-refractivity contribution in [3.05, 3.63) is 60.3 Å². The normalized spacial score (nSPS) is 15.9. The number of sulfonamides is 1. The minimum Gasteiger partial charge on any atom is -0.361 e. The Bertz CT molecular complexity index is 1160. The second-order valence-corrected chi connectivity index (χ2v) is 9.71. The van der Waals surface area contributed by atoms with Crippen molar-refractivity contribution in [1.82, 2.24) is 14.2 Å². The lowest BCUT2D eigenvalue weighted by atomic mass is 10.1. The van der Waals surface area contributed by atoms with E-state index in [0.717, 1.165) is 36.1 Å². The number of fused-ring (bicyclic) bond motifs is 1. The smallest absolute Gasteiger partial charge is 0.243 e. The monoisotopic (exact) mass is 440 g/mol. The number of nitrogens with one attached hydrogen (secondary N) is 2. The minimum atomic E-state index is -3.57. The van der Waals surface area contributed by atoms with Crippen LogP contribution in [0.25, 0.3) is 10.9 Å². The molecule has 2 N–H and O–H groups in total. The average molecular weight is 441 g/mol. The van der Waals surface area contributed by atoms with Crippen molar-refractivity contribution in [2.75, 3.05) is 38.0 Å². The van der Waals surface area contributed by atoms with Gasteiger partial charge in [0.1, 0.15) is 0 Å². The molecule has 2 aromatic carbocycles. The molecule has 3 aromatic rings. The Balaban J connectivity index is 1.39. The van der Waals surface area contributed by atoms with Gasteiger partial charge in [-0.1, -0.05) is 31.2 Å². The van der Waals surface area contributed by atoms with Gasteiger partial charge in [-0.2, -0.15) is 4.31 Å². The summed E-state index contributed by atoms with van der Waals surface area (Å²) in [6.45, 7) is 5.44. The number of aromatic nitrogens is 1. The van der Waals surface area contributed by atoms with Crippen molar-refractivity contribution >= 4 is 32.5 Å². The van der Waals surface area contributed by atoms with Gasteiger partial charge in [0.15, 0.2) is 0 Å². The number of aromatic amines is 1. The molecule has 0 saturated carbocycles. The van der Waals surface area contributed by atoms with Crippen molar-refractivity contribution in [3.63, 3.8) is 0 Å². The number of aryl methyl sites for hydroxylation is 1. The molecule has 4 rings (SSSR count). The van der Waals surface area contributed by atoms with Crippen LogP contribution < -0.4 is 5.32 Å². The number of benzene rings is 2. The lowest BCUT2D eigenvalue weighted by molar-refractivity contribution is -0.116. The number of piperazine rings is 1. The highest BCUT2D eigenvalue weighted by Gasteiger charge is 2.28. The number of likely N-dealkylation sites (N-methyl/N-ethyl adjacent to an activating group) is 1. The molecule has 164 valence electrons. The number of carbonyl (C=O) groups excluding carboxylic acids is 1. The first-order valence-corrected chi connectivity index (χ1v) is 12.1. The quantitative estimate of drug-likeness (QED) is 0.591. The summed E-state index contributed by atoms with van der Waals surface area (Å²) in [5, 5.41) is 3.96. The number of H-pyrrole nitrogens is 1. The van der Waals surface area contributed by atoms with E-state index in [1.54, 1.807) is 24.3 Å². The van der Waals surface area contributed by atoms with Crippen LogP contribution in [0.1, 0.15) is 18.9 Å². The van der Waals surface area contributed by atoms with Crippen molar-refractivity contribution in [2.24, 2.45) is 0 Å². The molecular formula is C23H28N4O3S. The molecule has 1 aliphatic heterocycles. The van der Waals surface area contributed by atoms with E-state index in [0.29, 0.717) is 31.6 Å². The predicted molar refractivity (Wildman–Crippen MR) is 123 cm³/mol. The second-order valence-electron chi connectivity index (χ2n) is 7.77. The summed E-state index contributed by atoms with van der Waals surface area (Å²) >= 11 is 0. The summed E-state index contributed by atoms with van der Waals surface area (Å²) in [7, 11) is -3.57. The first-order chi connectivity index (χ1) is 15.0. The number of rotatable bonds is 7. The predicted octanol–water partition coefficient (Wildman–Crippen LogP) is 3.07. The van der Waals surface area contributed by atoms with Crippen molar-refractivity contribution in [2.45, 2.75) is 24.7 Å². The van der Waals surface area contributed by atoms with Gasteiger partial charge in [0.05, 0.1) is 4.90 Å². The fourth-order valence-corrected chi connectivity index (χ4v) is 5.45. The van der Waals surface area contributed by atoms with Crippen LogP contribution in [0.15, 0.2) is 59.6 Å². The molecule has 0 radical (unpaired) electrons. The van der Waals surface area contributed by atoms with E-state index in [9.17, 15) is 13.2 Å². The lowest BCUT2D eigenvalue weighted by Crippen LogP contribution is -2.48. The third-order valence-corrected chi connectivity index (χ3v) is 7.72. The molecule has 0 unspecified atom stereocenters. The molecule has 1 saturated heterocycles. The van der Waals surface area contributed by atoms with E-state index in [1.807, 2.05) is 30.5 Å². The largest absolute Gasteiger partial charge is 0.361 e. The van der Waals surface area contributed by atoms with E-state index in [4.69, 9.17) is 0 Å². The van der Waals surface area contributed by atoms with Gasteiger partial charge in [-0.25, -0.2) is 8.42 Å². The molecule has 0 atom stereocenters. The molecule has 31 heavy (non-hydrogen) atoms. The van der Waals surface area contributed by atoms with Gasteiger partial charge >= 0.3 is 0 Å². The third kappa shape index (κ3) is 4.81. The molecule has 1 aromatic heterocycles. The number of anilines is 1. The van der Waals surface area contributed by atoms with Crippen LogP contribution in [0.4, 0.5) is 5.69 Å². The molecule has 1 aliphatic rings. The average Bonchev–Trinajstić information content (AvgIpc) is 3.21. The highest BCUT2D eigenvalue weighted by Crippen LogP contribution is 2.22. The maximum atomic E-state index is 13.0. The van der Waals surface area contributed by atoms with Crippen LogP contribution in [0.3, 0.4) is 0 Å². The Morgan fingerprint density at radius 1 is 1.06 bits per heavy atom. The zero-order valence-electron chi connectivity index (χ0n) is 17.7. The fraction of sp³-hybridized carbons (Fsp3) is 0.348. The number of carbonyl (C=O) groups is 1. The maximum absolute atomic E-state index is 13.0. The number of amides is 1. The van der Waals surface area contributed by atoms with Crippen LogP contribution in [-0.2, 0) is 21.2 Å². The first-order valence-electron chi connectivity index (χ1n) is 10.6. The second kappa shape index (κ2) is 9.21. The molecule has 2 heterocycles. The van der Waals surface area contributed by atoms with E-state index in [2.05, 4.69) is 22.1 Å². The zero-order chi connectivity index (χ0) is 21.8. The van der Waals surface area contributed by atoms with Gasteiger partial charge in [-0.15, -0.1) is 0 Å². The molecule has 1 amide bonds. The van der Waals surface area contributed by atoms with Crippen LogP contribution in [-0.4, -0.2) is 61.2 Å². The number of hydrogen-bond acceptors (Lipinski definition) is 4. The van der Waals surface area contributed by atoms with Gasteiger partial charge in [0.25, 0.3) is 0 Å². The Hall–Kier alpha value is -2.68. The van der Waals surface area contributed by atoms with Gasteiger partial charge in [0.2, 0.25) is 15.9 Å². The summed E-state index contributed by atoms with van der Waals surface area (Å²) in [6, 6.07) is 14.5. The standard InChI is InChI=1S/C23H28N4O3S/c1-2-26-12-14-27(15-13-26)31(29,30)20-7-5-6-19(16-20)25-23(28)11-10-18-17-24-22-9-4-3-8-21(18)22/h3-9,16-17,24H,2,10-15H2,1H3,(H,25,28). The summed E-state index contributed by atoms with van der Waals surface area (Å²) in [5.74, 6) is -0.142. The van der Waals surface area contributed by atoms with Crippen LogP contribution in [0.5, 0.6) is 0 Å². The van der Waals surface area contributed by atoms with E-state index < -0.39 is 10.0 Å². The van der Waals surface area contributed by atoms with Gasteiger partial charge in [-0.05, 0) is 42.8 Å². The number of hydrogen-bond donors (Lipinski definition) is 2. The van der Waals surface area contributed by atoms with Crippen molar-refractivity contribution in [1.29, 1.82) is 0 Å². The summed E-state index contributed by atoms with van der Waals surface area (Å²) in [6.07, 6.45) is 2.86. The van der Waals surface area contributed by atoms with E-state index >= 15 is 0 Å². The minimum absolute atomic E-state index is 0.142. The van der Waals surface area contributed by atoms with Gasteiger partial charge in [-0.3, -0.25) is 4.79 Å². The topological polar surface area (TPSA) is 85.5 Å². The first kappa shape index (κ1) is 21.5. The van der Waals surface area contributed by atoms with E-state index in [1.165, 1.54) is 4.31 Å². The van der Waals surface area contributed by atoms with Gasteiger partial charge in [0, 0.05) is 55.4 Å². The Labute approximate surface area is 183 Å². The fourth-order valence-electron chi connectivity index (χ4n) is 3.98. The van der Waals surface area contributed by atoms with Crippen LogP contribution in [0.2, 0.25) is 0 Å². The molecule has 8 heteroatoms. The molecule has 0 spiro atoms. The van der Waals surface area contributed by atoms with Crippen molar-refractivity contribution < 1.29 is 13.2 Å². The Kier molecular flexibility index (Phi) is 6.41. The third-order valence-electron chi connectivity index (χ3n) is 5.83.